The van der Waals surface area contributed by atoms with Crippen molar-refractivity contribution in [1.29, 1.82) is 0 Å². The number of nitrogens with zero attached hydrogens (tertiary/aromatic N) is 5. The molecule has 0 atom stereocenters. The second kappa shape index (κ2) is 60.7. The quantitative estimate of drug-likeness (QED) is 0.0494. The summed E-state index contributed by atoms with van der Waals surface area (Å²) in [5.41, 5.74) is 11.6. The van der Waals surface area contributed by atoms with Gasteiger partial charge in [0.25, 0.3) is 0 Å². The third-order valence-electron chi connectivity index (χ3n) is 14.1. The van der Waals surface area contributed by atoms with Crippen LogP contribution in [0.1, 0.15) is 38.9 Å². The van der Waals surface area contributed by atoms with Crippen LogP contribution in [0, 0.1) is 51.0 Å². The summed E-state index contributed by atoms with van der Waals surface area (Å²) in [5, 5.41) is 54.1. The summed E-state index contributed by atoms with van der Waals surface area (Å²) in [6.45, 7) is 3.74. The summed E-state index contributed by atoms with van der Waals surface area (Å²) in [4.78, 5) is 21.9. The van der Waals surface area contributed by atoms with Gasteiger partial charge in [0.2, 0.25) is 0 Å². The molecule has 0 unspecified atom stereocenters. The number of benzene rings is 13. The minimum absolute atomic E-state index is 0. The molecular formula is C86H82Cl5N5O5Ti5. The molecule has 0 radical (unpaired) electrons. The van der Waals surface area contributed by atoms with Gasteiger partial charge < -0.3 is 62.7 Å². The van der Waals surface area contributed by atoms with E-state index in [0.717, 1.165) is 94.5 Å². The maximum atomic E-state index is 10.4. The van der Waals surface area contributed by atoms with Crippen molar-refractivity contribution in [2.24, 2.45) is 25.0 Å². The number of halogens is 5. The maximum absolute atomic E-state index is 10.4. The predicted molar refractivity (Wildman–Crippen MR) is 440 cm³/mol. The van der Waals surface area contributed by atoms with Crippen molar-refractivity contribution >= 4 is 128 Å². The van der Waals surface area contributed by atoms with Gasteiger partial charge in [0.1, 0.15) is 28.7 Å². The number of para-hydroxylation sites is 8. The Morgan fingerprint density at radius 2 is 0.566 bits per heavy atom. The van der Waals surface area contributed by atoms with Crippen molar-refractivity contribution < 1.29 is 122 Å². The van der Waals surface area contributed by atoms with E-state index < -0.39 is 0 Å². The van der Waals surface area contributed by atoms with Gasteiger partial charge in [-0.15, -0.1) is 0 Å². The third kappa shape index (κ3) is 34.8. The molecule has 20 heteroatoms. The van der Waals surface area contributed by atoms with Crippen LogP contribution >= 0.6 is 46.5 Å². The van der Waals surface area contributed by atoms with Crippen molar-refractivity contribution in [2.45, 2.75) is 13.8 Å². The van der Waals surface area contributed by atoms with E-state index in [0.29, 0.717) is 17.1 Å². The van der Waals surface area contributed by atoms with Crippen LogP contribution in [-0.2, 0) is 96.9 Å². The number of aromatic hydroxyl groups is 5. The number of fused-ring (bicyclic) bond motifs is 2. The van der Waals surface area contributed by atoms with Gasteiger partial charge in [0.15, 0.2) is 0 Å². The Kier molecular flexibility index (Phi) is 57.8. The molecule has 0 amide bonds. The summed E-state index contributed by atoms with van der Waals surface area (Å²) in [6.07, 6.45) is 8.45. The molecule has 0 spiro atoms. The van der Waals surface area contributed by atoms with Crippen molar-refractivity contribution in [3.05, 3.63) is 385 Å². The fraction of sp³-hybridized carbons (Fsp3) is 0.0233. The fourth-order valence-electron chi connectivity index (χ4n) is 9.19. The van der Waals surface area contributed by atoms with Crippen LogP contribution in [0.2, 0.25) is 0 Å². The molecule has 0 aliphatic heterocycles. The van der Waals surface area contributed by atoms with E-state index in [-0.39, 0.29) is 54.4 Å². The number of hydrogen-bond acceptors (Lipinski definition) is 10. The molecule has 0 heterocycles. The predicted octanol–water partition coefficient (Wildman–Crippen LogP) is 26.0. The Hall–Kier alpha value is -7.25. The van der Waals surface area contributed by atoms with E-state index in [9.17, 15) is 25.5 Å². The molecule has 0 saturated heterocycles. The topological polar surface area (TPSA) is 163 Å². The van der Waals surface area contributed by atoms with Crippen LogP contribution in [-0.4, -0.2) is 56.6 Å². The monoisotopic (exact) mass is 1680 g/mol. The minimum atomic E-state index is 0. The molecule has 13 rings (SSSR count). The van der Waals surface area contributed by atoms with Crippen molar-refractivity contribution in [1.82, 2.24) is 0 Å². The van der Waals surface area contributed by atoms with Gasteiger partial charge in [-0.2, -0.15) is 0 Å². The molecule has 106 heavy (non-hydrogen) atoms. The molecule has 13 aromatic carbocycles. The van der Waals surface area contributed by atoms with E-state index in [4.69, 9.17) is 0 Å². The standard InChI is InChI=1S/C19H15NO.2C17H13NO.2C14H13NO.5CH3.5ClH.5Ti/c21-19-16(14-20-17-11-5-2-6-12-17)10-7-13-18(19)15-8-3-1-4-9-15;19-17-11-4-2-7-14(17)12-18-16-10-5-8-13-6-1-3-9-15(13)16;19-17-11-10-13-6-4-5-9-15(13)16(17)12-18-14-7-2-1-3-8-14;2*1-11-6-5-7-12(14(11)16)10-15-13-8-3-2-4-9-13;;;;;;;;;;;;;;;/h1-14,21H;2*1-12,19H;2*2-10,16H,1H3;5*1H3;5*1H;;;;;/q;;;;;5*-1;;;;;;5*+2/p-5. The Bertz CT molecular complexity index is 4550. The average molecular weight is 1680 g/mol. The SMILES string of the molecule is Cc1cccc(C=Nc2ccccc2)c1O.Cc1cccc(C=Nc2ccccc2)c1O.Oc1c(C=Nc2ccccc2)cccc1-c1ccccc1.Oc1ccc2ccccc2c1C=Nc1ccccc1.Oc1ccccc1C=Nc1cccc2ccccc12.[CH3-].[CH3-].[CH3-].[CH3-].[CH3-].[Cl][Ti+].[Cl][Ti+].[Cl][Ti+].[Cl][Ti+].[Cl][Ti+]. The Morgan fingerprint density at radius 3 is 1.00 bits per heavy atom. The van der Waals surface area contributed by atoms with E-state index in [2.05, 4.69) is 83.6 Å². The first kappa shape index (κ1) is 101. The van der Waals surface area contributed by atoms with E-state index in [1.54, 1.807) is 49.3 Å². The zero-order valence-electron chi connectivity index (χ0n) is 59.7. The Labute approximate surface area is 706 Å². The molecule has 10 nitrogen and oxygen atoms in total. The zero-order valence-corrected chi connectivity index (χ0v) is 71.3. The fourth-order valence-corrected chi connectivity index (χ4v) is 9.19. The van der Waals surface area contributed by atoms with Gasteiger partial charge >= 0.3 is 143 Å². The van der Waals surface area contributed by atoms with Crippen molar-refractivity contribution in [2.75, 3.05) is 0 Å². The molecule has 0 saturated carbocycles. The second-order valence-electron chi connectivity index (χ2n) is 20.5. The summed E-state index contributed by atoms with van der Waals surface area (Å²) in [5.74, 6) is 1.33. The molecule has 0 aliphatic rings. The van der Waals surface area contributed by atoms with Crippen LogP contribution < -0.4 is 0 Å². The van der Waals surface area contributed by atoms with Gasteiger partial charge in [-0.1, -0.05) is 218 Å². The first-order valence-electron chi connectivity index (χ1n) is 30.3. The summed E-state index contributed by atoms with van der Waals surface area (Å²) in [7, 11) is 23.2. The number of hydrogen-bond donors (Lipinski definition) is 5. The molecule has 0 bridgehead atoms. The van der Waals surface area contributed by atoms with Crippen molar-refractivity contribution in [3.63, 3.8) is 0 Å². The summed E-state index contributed by atoms with van der Waals surface area (Å²) >= 11 is 7.36. The number of aliphatic imine (C=N–C) groups is 5. The van der Waals surface area contributed by atoms with Crippen LogP contribution in [0.4, 0.5) is 28.4 Å². The number of rotatable bonds is 11. The molecule has 5 N–H and O–H groups in total. The average Bonchev–Trinajstić information content (AvgIpc) is 0.819. The molecule has 536 valence electrons. The van der Waals surface area contributed by atoms with Crippen molar-refractivity contribution in [3.8, 4) is 39.9 Å². The van der Waals surface area contributed by atoms with Gasteiger partial charge in [-0.25, -0.2) is 0 Å². The molecule has 0 fully saturated rings. The van der Waals surface area contributed by atoms with Gasteiger partial charge in [0, 0.05) is 69.8 Å². The summed E-state index contributed by atoms with van der Waals surface area (Å²) in [6, 6.07) is 98.3. The summed E-state index contributed by atoms with van der Waals surface area (Å²) < 4.78 is 0. The van der Waals surface area contributed by atoms with Gasteiger partial charge in [-0.3, -0.25) is 25.0 Å². The van der Waals surface area contributed by atoms with Crippen LogP contribution in [0.3, 0.4) is 0 Å². The zero-order chi connectivity index (χ0) is 73.4. The molecular weight excluding hydrogens is 1600 g/mol. The van der Waals surface area contributed by atoms with E-state index >= 15 is 0 Å². The first-order valence-corrected chi connectivity index (χ1v) is 41.1. The van der Waals surface area contributed by atoms with E-state index in [1.165, 1.54) is 96.9 Å². The van der Waals surface area contributed by atoms with Gasteiger partial charge in [-0.05, 0) is 138 Å². The second-order valence-corrected chi connectivity index (χ2v) is 20.5. The number of aryl methyl sites for hydroxylation is 2. The Morgan fingerprint density at radius 1 is 0.255 bits per heavy atom. The molecule has 0 aliphatic carbocycles. The van der Waals surface area contributed by atoms with E-state index in [1.807, 2.05) is 293 Å². The number of phenols is 5. The first-order chi connectivity index (χ1) is 49.6. The van der Waals surface area contributed by atoms with Crippen LogP contribution in [0.5, 0.6) is 28.7 Å². The van der Waals surface area contributed by atoms with Gasteiger partial charge in [0.05, 0.1) is 28.4 Å². The van der Waals surface area contributed by atoms with Crippen LogP contribution in [0.25, 0.3) is 32.7 Å². The normalized spacial score (nSPS) is 9.60. The molecule has 13 aromatic rings. The molecule has 0 aromatic heterocycles. The Balaban J connectivity index is 0. The third-order valence-corrected chi connectivity index (χ3v) is 14.1. The number of phenolic OH excluding ortho intramolecular Hbond substituents is 5. The van der Waals surface area contributed by atoms with Crippen LogP contribution in [0.15, 0.2) is 334 Å².